The predicted octanol–water partition coefficient (Wildman–Crippen LogP) is 5.22. The summed E-state index contributed by atoms with van der Waals surface area (Å²) in [6.45, 7) is 3.11. The quantitative estimate of drug-likeness (QED) is 0.435. The van der Waals surface area contributed by atoms with E-state index in [9.17, 15) is 5.11 Å². The van der Waals surface area contributed by atoms with Crippen LogP contribution in [-0.2, 0) is 12.8 Å². The Hall–Kier alpha value is -1.63. The Morgan fingerprint density at radius 2 is 2.00 bits per heavy atom. The van der Waals surface area contributed by atoms with E-state index in [1.807, 2.05) is 6.07 Å². The normalized spacial score (nSPS) is 20.4. The van der Waals surface area contributed by atoms with Crippen molar-refractivity contribution in [2.45, 2.75) is 69.9 Å². The first kappa shape index (κ1) is 25.0. The molecule has 3 heterocycles. The molecule has 32 heavy (non-hydrogen) atoms. The number of benzene rings is 1. The van der Waals surface area contributed by atoms with E-state index in [-0.39, 0.29) is 28.8 Å². The molecule has 0 amide bonds. The molecular formula is C26H38BrN3O2. The smallest absolute Gasteiger partial charge is 0.126 e. The van der Waals surface area contributed by atoms with Gasteiger partial charge in [-0.25, -0.2) is 0 Å². The SMILES string of the molecule is Br.CN1CCC[C@H]1c1ccc(CCCCCCNC[C@H]2CCc3ccc(O)cc3O2)nc1. The number of nitrogens with zero attached hydrogens (tertiary/aromatic N) is 2. The third-order valence-electron chi connectivity index (χ3n) is 6.74. The minimum atomic E-state index is 0. The molecule has 0 unspecified atom stereocenters. The molecule has 0 radical (unpaired) electrons. The lowest BCUT2D eigenvalue weighted by molar-refractivity contribution is 0.170. The fraction of sp³-hybridized carbons (Fsp3) is 0.577. The highest BCUT2D eigenvalue weighted by molar-refractivity contribution is 8.93. The molecule has 2 atom stereocenters. The van der Waals surface area contributed by atoms with Gasteiger partial charge in [0, 0.05) is 30.5 Å². The summed E-state index contributed by atoms with van der Waals surface area (Å²) in [4.78, 5) is 7.15. The minimum Gasteiger partial charge on any atom is -0.508 e. The number of nitrogens with one attached hydrogen (secondary N) is 1. The summed E-state index contributed by atoms with van der Waals surface area (Å²) in [5, 5.41) is 13.2. The van der Waals surface area contributed by atoms with Gasteiger partial charge < -0.3 is 15.2 Å². The molecule has 176 valence electrons. The van der Waals surface area contributed by atoms with E-state index in [0.717, 1.165) is 38.1 Å². The third-order valence-corrected chi connectivity index (χ3v) is 6.74. The predicted molar refractivity (Wildman–Crippen MR) is 135 cm³/mol. The summed E-state index contributed by atoms with van der Waals surface area (Å²) in [5.41, 5.74) is 3.80. The molecule has 2 aliphatic rings. The number of hydrogen-bond acceptors (Lipinski definition) is 5. The van der Waals surface area contributed by atoms with Crippen molar-refractivity contribution in [3.8, 4) is 11.5 Å². The zero-order valence-corrected chi connectivity index (χ0v) is 21.0. The average molecular weight is 505 g/mol. The minimum absolute atomic E-state index is 0. The topological polar surface area (TPSA) is 57.6 Å². The van der Waals surface area contributed by atoms with Crippen LogP contribution < -0.4 is 10.1 Å². The Kier molecular flexibility index (Phi) is 9.82. The number of rotatable bonds is 10. The number of phenolic OH excluding ortho intramolecular Hbond substituents is 1. The van der Waals surface area contributed by atoms with E-state index in [1.165, 1.54) is 61.9 Å². The number of ether oxygens (including phenoxy) is 1. The van der Waals surface area contributed by atoms with Crippen molar-refractivity contribution >= 4 is 17.0 Å². The number of halogens is 1. The van der Waals surface area contributed by atoms with E-state index in [4.69, 9.17) is 9.72 Å². The van der Waals surface area contributed by atoms with Crippen LogP contribution in [0.15, 0.2) is 36.5 Å². The molecule has 6 heteroatoms. The van der Waals surface area contributed by atoms with Gasteiger partial charge in [0.2, 0.25) is 0 Å². The maximum Gasteiger partial charge on any atom is 0.126 e. The lowest BCUT2D eigenvalue weighted by Crippen LogP contribution is -2.34. The molecule has 1 saturated heterocycles. The molecule has 2 aromatic rings. The fourth-order valence-corrected chi connectivity index (χ4v) is 4.84. The number of unbranched alkanes of at least 4 members (excludes halogenated alkanes) is 3. The van der Waals surface area contributed by atoms with Crippen molar-refractivity contribution in [3.05, 3.63) is 53.3 Å². The molecule has 1 aromatic heterocycles. The first-order valence-electron chi connectivity index (χ1n) is 12.0. The number of fused-ring (bicyclic) bond motifs is 1. The van der Waals surface area contributed by atoms with Crippen molar-refractivity contribution in [3.63, 3.8) is 0 Å². The van der Waals surface area contributed by atoms with Gasteiger partial charge >= 0.3 is 0 Å². The largest absolute Gasteiger partial charge is 0.508 e. The highest BCUT2D eigenvalue weighted by Crippen LogP contribution is 2.31. The lowest BCUT2D eigenvalue weighted by atomic mass is 10.0. The fourth-order valence-electron chi connectivity index (χ4n) is 4.84. The number of likely N-dealkylation sites (tertiary alicyclic amines) is 1. The molecule has 4 rings (SSSR count). The molecule has 2 aliphatic heterocycles. The van der Waals surface area contributed by atoms with Gasteiger partial charge in [0.25, 0.3) is 0 Å². The van der Waals surface area contributed by atoms with Crippen molar-refractivity contribution in [1.29, 1.82) is 0 Å². The van der Waals surface area contributed by atoms with Gasteiger partial charge in [-0.2, -0.15) is 0 Å². The number of aromatic hydroxyl groups is 1. The first-order chi connectivity index (χ1) is 15.2. The van der Waals surface area contributed by atoms with E-state index < -0.39 is 0 Å². The van der Waals surface area contributed by atoms with Crippen molar-refractivity contribution < 1.29 is 9.84 Å². The van der Waals surface area contributed by atoms with Gasteiger partial charge in [-0.15, -0.1) is 17.0 Å². The van der Waals surface area contributed by atoms with Gasteiger partial charge in [-0.3, -0.25) is 9.88 Å². The number of aromatic nitrogens is 1. The van der Waals surface area contributed by atoms with E-state index in [2.05, 4.69) is 35.6 Å². The van der Waals surface area contributed by atoms with Gasteiger partial charge in [0.15, 0.2) is 0 Å². The molecule has 0 spiro atoms. The second kappa shape index (κ2) is 12.6. The van der Waals surface area contributed by atoms with Gasteiger partial charge in [-0.05, 0) is 88.3 Å². The number of pyridine rings is 1. The van der Waals surface area contributed by atoms with Gasteiger partial charge in [-0.1, -0.05) is 25.0 Å². The zero-order valence-electron chi connectivity index (χ0n) is 19.3. The molecule has 0 aliphatic carbocycles. The summed E-state index contributed by atoms with van der Waals surface area (Å²) in [6.07, 6.45) is 12.9. The first-order valence-corrected chi connectivity index (χ1v) is 12.0. The van der Waals surface area contributed by atoms with Crippen LogP contribution in [0.4, 0.5) is 0 Å². The van der Waals surface area contributed by atoms with Crippen LogP contribution in [0.2, 0.25) is 0 Å². The Bertz CT molecular complexity index is 830. The van der Waals surface area contributed by atoms with Crippen LogP contribution in [0.25, 0.3) is 0 Å². The summed E-state index contributed by atoms with van der Waals surface area (Å²) >= 11 is 0. The third kappa shape index (κ3) is 6.93. The monoisotopic (exact) mass is 503 g/mol. The van der Waals surface area contributed by atoms with Crippen LogP contribution in [0.3, 0.4) is 0 Å². The van der Waals surface area contributed by atoms with E-state index in [1.54, 1.807) is 12.1 Å². The Morgan fingerprint density at radius 3 is 2.78 bits per heavy atom. The van der Waals surface area contributed by atoms with Crippen LogP contribution in [0.1, 0.15) is 67.8 Å². The molecule has 1 aromatic carbocycles. The number of phenols is 1. The van der Waals surface area contributed by atoms with Gasteiger partial charge in [0.1, 0.15) is 17.6 Å². The number of hydrogen-bond donors (Lipinski definition) is 2. The van der Waals surface area contributed by atoms with Crippen LogP contribution in [-0.4, -0.2) is 47.8 Å². The van der Waals surface area contributed by atoms with Crippen molar-refractivity contribution in [1.82, 2.24) is 15.2 Å². The second-order valence-electron chi connectivity index (χ2n) is 9.16. The average Bonchev–Trinajstić information content (AvgIpc) is 3.21. The van der Waals surface area contributed by atoms with Gasteiger partial charge in [0.05, 0.1) is 0 Å². The molecular weight excluding hydrogens is 466 g/mol. The van der Waals surface area contributed by atoms with Crippen LogP contribution in [0, 0.1) is 0 Å². The molecule has 0 saturated carbocycles. The van der Waals surface area contributed by atoms with Crippen LogP contribution >= 0.6 is 17.0 Å². The molecule has 0 bridgehead atoms. The van der Waals surface area contributed by atoms with Crippen molar-refractivity contribution in [2.24, 2.45) is 0 Å². The molecule has 5 nitrogen and oxygen atoms in total. The zero-order chi connectivity index (χ0) is 21.5. The van der Waals surface area contributed by atoms with E-state index >= 15 is 0 Å². The van der Waals surface area contributed by atoms with Crippen molar-refractivity contribution in [2.75, 3.05) is 26.7 Å². The Balaban J connectivity index is 0.00000289. The second-order valence-corrected chi connectivity index (χ2v) is 9.16. The standard InChI is InChI=1S/C26H37N3O2.BrH/c1-29-16-6-8-25(29)21-9-12-22(28-18-21)7-4-2-3-5-15-27-19-24-14-11-20-10-13-23(30)17-26(20)31-24;/h9-10,12-13,17-18,24-25,27,30H,2-8,11,14-16,19H2,1H3;1H/t24-,25+;/m1./s1. The summed E-state index contributed by atoms with van der Waals surface area (Å²) < 4.78 is 6.02. The Morgan fingerprint density at radius 1 is 1.12 bits per heavy atom. The highest BCUT2D eigenvalue weighted by Gasteiger charge is 2.22. The summed E-state index contributed by atoms with van der Waals surface area (Å²) in [5.74, 6) is 1.12. The highest BCUT2D eigenvalue weighted by atomic mass is 79.9. The number of aryl methyl sites for hydroxylation is 2. The summed E-state index contributed by atoms with van der Waals surface area (Å²) in [7, 11) is 2.22. The maximum absolute atomic E-state index is 9.63. The Labute approximate surface area is 203 Å². The van der Waals surface area contributed by atoms with Crippen LogP contribution in [0.5, 0.6) is 11.5 Å². The summed E-state index contributed by atoms with van der Waals surface area (Å²) in [6, 6.07) is 10.5. The molecule has 1 fully saturated rings. The van der Waals surface area contributed by atoms with E-state index in [0.29, 0.717) is 6.04 Å². The molecule has 2 N–H and O–H groups in total. The maximum atomic E-state index is 9.63. The lowest BCUT2D eigenvalue weighted by Gasteiger charge is -2.26.